The fraction of sp³-hybridized carbons (Fsp3) is 1.00. The molecular weight excluding hydrogens is 476 g/mol. The lowest BCUT2D eigenvalue weighted by Gasteiger charge is -2.71. The van der Waals surface area contributed by atoms with Gasteiger partial charge in [-0.05, 0) is 86.9 Å². The van der Waals surface area contributed by atoms with Crippen LogP contribution in [0.2, 0.25) is 0 Å². The van der Waals surface area contributed by atoms with Gasteiger partial charge in [0.25, 0.3) is 11.6 Å². The van der Waals surface area contributed by atoms with Gasteiger partial charge in [0.1, 0.15) is 6.10 Å². The maximum atomic E-state index is 12.2. The molecule has 33 heavy (non-hydrogen) atoms. The number of fused-ring (bicyclic) bond motifs is 7. The van der Waals surface area contributed by atoms with E-state index in [4.69, 9.17) is 16.7 Å². The van der Waals surface area contributed by atoms with Gasteiger partial charge in [-0.15, -0.1) is 0 Å². The Balaban J connectivity index is 1.44. The van der Waals surface area contributed by atoms with Crippen molar-refractivity contribution in [3.63, 3.8) is 0 Å². The third-order valence-electron chi connectivity index (χ3n) is 10.6. The zero-order valence-corrected chi connectivity index (χ0v) is 20.6. The molecule has 12 heteroatoms. The molecule has 4 saturated carbocycles. The first-order valence-electron chi connectivity index (χ1n) is 11.9. The molecule has 0 bridgehead atoms. The summed E-state index contributed by atoms with van der Waals surface area (Å²) in [5, 5.41) is 21.4. The topological polar surface area (TPSA) is 146 Å². The predicted octanol–water partition coefficient (Wildman–Crippen LogP) is 1.58. The Morgan fingerprint density at radius 3 is 2.09 bits per heavy atom. The highest BCUT2D eigenvalue weighted by Crippen LogP contribution is 2.74. The van der Waals surface area contributed by atoms with Crippen LogP contribution in [0.4, 0.5) is 0 Å². The minimum atomic E-state index is -4.38. The number of hydrogen-bond acceptors (Lipinski definition) is 10. The largest absolute Gasteiger partial charge is 0.406 e. The predicted molar refractivity (Wildman–Crippen MR) is 111 cm³/mol. The zero-order valence-electron chi connectivity index (χ0n) is 19.0. The molecule has 0 radical (unpaired) electrons. The second-order valence-electron chi connectivity index (χ2n) is 11.6. The molecule has 0 aromatic rings. The van der Waals surface area contributed by atoms with E-state index in [0.717, 1.165) is 38.5 Å². The fourth-order valence-corrected chi connectivity index (χ4v) is 11.5. The van der Waals surface area contributed by atoms with E-state index in [1.54, 1.807) is 0 Å². The van der Waals surface area contributed by atoms with Gasteiger partial charge in [-0.25, -0.2) is 16.7 Å². The van der Waals surface area contributed by atoms with Crippen molar-refractivity contribution >= 4 is 20.8 Å². The molecule has 2 spiro atoms. The Bertz CT molecular complexity index is 1060. The monoisotopic (exact) mass is 508 g/mol. The molecule has 2 aliphatic heterocycles. The maximum absolute atomic E-state index is 12.2. The molecule has 6 rings (SSSR count). The van der Waals surface area contributed by atoms with Crippen molar-refractivity contribution in [1.29, 1.82) is 0 Å². The Morgan fingerprint density at radius 1 is 0.879 bits per heavy atom. The molecule has 0 amide bonds. The maximum Gasteiger partial charge on any atom is 0.406 e. The van der Waals surface area contributed by atoms with Gasteiger partial charge in [0, 0.05) is 5.41 Å². The standard InChI is InChI=1S/C21H32O10S2/c1-11(22)14-6-7-15-13-5-4-12-10-17(23)20(28-32(24,25)29-20)21(30-33(26,27)31-21)19(12,3)16(13)8-9-18(14,15)2/h11-17,22-23H,4-10H2,1-3H3/t11?,12-,13-,14+,15-,16-,17?,18-,19-/m0/s1. The third kappa shape index (κ3) is 2.59. The summed E-state index contributed by atoms with van der Waals surface area (Å²) in [5.41, 5.74) is -0.974. The van der Waals surface area contributed by atoms with Gasteiger partial charge in [-0.2, -0.15) is 16.8 Å². The van der Waals surface area contributed by atoms with Crippen LogP contribution in [0.5, 0.6) is 0 Å². The van der Waals surface area contributed by atoms with E-state index in [1.807, 2.05) is 13.8 Å². The van der Waals surface area contributed by atoms with Crippen molar-refractivity contribution in [2.24, 2.45) is 40.4 Å². The number of hydrogen-bond donors (Lipinski definition) is 2. The van der Waals surface area contributed by atoms with Gasteiger partial charge in [0.2, 0.25) is 0 Å². The molecule has 188 valence electrons. The Kier molecular flexibility index (Phi) is 4.55. The van der Waals surface area contributed by atoms with Crippen molar-refractivity contribution in [1.82, 2.24) is 0 Å². The van der Waals surface area contributed by atoms with Gasteiger partial charge in [0.05, 0.1) is 6.10 Å². The lowest BCUT2D eigenvalue weighted by molar-refractivity contribution is -0.466. The van der Waals surface area contributed by atoms with Crippen molar-refractivity contribution in [2.75, 3.05) is 0 Å². The van der Waals surface area contributed by atoms with Crippen LogP contribution in [0.25, 0.3) is 0 Å². The Morgan fingerprint density at radius 2 is 1.52 bits per heavy atom. The summed E-state index contributed by atoms with van der Waals surface area (Å²) in [5.74, 6) is -3.75. The zero-order chi connectivity index (χ0) is 23.8. The van der Waals surface area contributed by atoms with Gasteiger partial charge >= 0.3 is 20.8 Å². The molecule has 2 N–H and O–H groups in total. The highest BCUT2D eigenvalue weighted by atomic mass is 32.3. The molecule has 2 saturated heterocycles. The number of rotatable bonds is 1. The first-order chi connectivity index (χ1) is 15.2. The van der Waals surface area contributed by atoms with Crippen LogP contribution in [0, 0.1) is 40.4 Å². The van der Waals surface area contributed by atoms with Crippen LogP contribution in [-0.4, -0.2) is 50.8 Å². The van der Waals surface area contributed by atoms with Crippen molar-refractivity contribution in [3.05, 3.63) is 0 Å². The van der Waals surface area contributed by atoms with E-state index >= 15 is 0 Å². The van der Waals surface area contributed by atoms with Crippen LogP contribution in [0.15, 0.2) is 0 Å². The average molecular weight is 509 g/mol. The molecule has 0 aromatic heterocycles. The summed E-state index contributed by atoms with van der Waals surface area (Å²) < 4.78 is 69.2. The molecule has 6 fully saturated rings. The molecule has 0 aromatic carbocycles. The van der Waals surface area contributed by atoms with E-state index in [2.05, 4.69) is 6.92 Å². The van der Waals surface area contributed by atoms with Crippen LogP contribution < -0.4 is 0 Å². The summed E-state index contributed by atoms with van der Waals surface area (Å²) in [6.45, 7) is 6.01. The Labute approximate surface area is 194 Å². The smallest absolute Gasteiger partial charge is 0.393 e. The number of aliphatic hydroxyl groups is 2. The van der Waals surface area contributed by atoms with Crippen LogP contribution >= 0.6 is 0 Å². The second kappa shape index (κ2) is 6.50. The summed E-state index contributed by atoms with van der Waals surface area (Å²) in [6, 6.07) is 0. The van der Waals surface area contributed by atoms with Gasteiger partial charge in [-0.1, -0.05) is 13.8 Å². The van der Waals surface area contributed by atoms with Gasteiger partial charge in [0.15, 0.2) is 0 Å². The lowest BCUT2D eigenvalue weighted by atomic mass is 9.42. The first-order valence-corrected chi connectivity index (χ1v) is 14.6. The van der Waals surface area contributed by atoms with Gasteiger partial charge < -0.3 is 10.2 Å². The van der Waals surface area contributed by atoms with Crippen molar-refractivity contribution in [3.8, 4) is 0 Å². The quantitative estimate of drug-likeness (QED) is 0.535. The van der Waals surface area contributed by atoms with Crippen LogP contribution in [-0.2, 0) is 37.5 Å². The summed E-state index contributed by atoms with van der Waals surface area (Å²) in [7, 11) is -8.76. The normalized spacial score (nSPS) is 53.2. The summed E-state index contributed by atoms with van der Waals surface area (Å²) in [4.78, 5) is 0. The van der Waals surface area contributed by atoms with E-state index in [-0.39, 0.29) is 35.5 Å². The average Bonchev–Trinajstić information content (AvgIpc) is 3.02. The molecule has 2 heterocycles. The highest BCUT2D eigenvalue weighted by Gasteiger charge is 2.88. The lowest BCUT2D eigenvalue weighted by Crippen LogP contribution is -2.87. The van der Waals surface area contributed by atoms with Gasteiger partial charge in [-0.3, -0.25) is 0 Å². The van der Waals surface area contributed by atoms with Crippen molar-refractivity contribution < 1.29 is 43.8 Å². The Hall–Kier alpha value is -0.340. The molecule has 4 aliphatic carbocycles. The molecule has 10 nitrogen and oxygen atoms in total. The molecular formula is C21H32O10S2. The SMILES string of the molecule is CC(O)[C@H]1CC[C@H]2[C@@H]3CC[C@H]4CC(O)C5(OS(=O)(=O)O5)C5(OS(=O)(=O)O5)[C@]4(C)[C@H]3CC[C@@]12C. The molecule has 9 atom stereocenters. The van der Waals surface area contributed by atoms with Crippen LogP contribution in [0.1, 0.15) is 65.7 Å². The van der Waals surface area contributed by atoms with E-state index in [9.17, 15) is 27.0 Å². The van der Waals surface area contributed by atoms with Crippen LogP contribution in [0.3, 0.4) is 0 Å². The van der Waals surface area contributed by atoms with E-state index < -0.39 is 50.0 Å². The minimum Gasteiger partial charge on any atom is -0.393 e. The fourth-order valence-electron chi connectivity index (χ4n) is 9.28. The summed E-state index contributed by atoms with van der Waals surface area (Å²) >= 11 is 0. The first kappa shape index (κ1) is 23.1. The molecule has 2 unspecified atom stereocenters. The molecule has 6 aliphatic rings. The van der Waals surface area contributed by atoms with E-state index in [1.165, 1.54) is 0 Å². The third-order valence-corrected chi connectivity index (χ3v) is 12.3. The second-order valence-corrected chi connectivity index (χ2v) is 13.9. The summed E-state index contributed by atoms with van der Waals surface area (Å²) in [6.07, 6.45) is 3.55. The highest BCUT2D eigenvalue weighted by molar-refractivity contribution is 7.83. The number of aliphatic hydroxyl groups excluding tert-OH is 2. The minimum absolute atomic E-state index is 0.0161. The van der Waals surface area contributed by atoms with Crippen molar-refractivity contribution in [2.45, 2.75) is 89.5 Å². The van der Waals surface area contributed by atoms with E-state index in [0.29, 0.717) is 5.92 Å².